The topological polar surface area (TPSA) is 60.8 Å². The highest BCUT2D eigenvalue weighted by molar-refractivity contribution is 5.95. The lowest BCUT2D eigenvalue weighted by molar-refractivity contribution is -0.140. The largest absolute Gasteiger partial charge is 0.508 e. The molecule has 0 spiro atoms. The zero-order chi connectivity index (χ0) is 18.6. The molecule has 7 heteroatoms. The van der Waals surface area contributed by atoms with E-state index < -0.39 is 18.6 Å². The van der Waals surface area contributed by atoms with Crippen molar-refractivity contribution in [3.8, 4) is 16.9 Å². The van der Waals surface area contributed by atoms with Crippen LogP contribution in [0.3, 0.4) is 0 Å². The summed E-state index contributed by atoms with van der Waals surface area (Å²) < 4.78 is 37.8. The molecule has 0 atom stereocenters. The third kappa shape index (κ3) is 4.73. The zero-order valence-corrected chi connectivity index (χ0v) is 13.5. The lowest BCUT2D eigenvalue weighted by Gasteiger charge is -2.22. The SMILES string of the molecule is CCN(CC(F)(F)F)C(=O)c1cccc(-c2ccc(O)c(CO)c2)c1. The Hall–Kier alpha value is -2.54. The number of phenols is 1. The van der Waals surface area contributed by atoms with Gasteiger partial charge in [-0.2, -0.15) is 13.2 Å². The van der Waals surface area contributed by atoms with Crippen molar-refractivity contribution in [2.24, 2.45) is 0 Å². The first-order valence-corrected chi connectivity index (χ1v) is 7.64. The summed E-state index contributed by atoms with van der Waals surface area (Å²) in [4.78, 5) is 13.1. The quantitative estimate of drug-likeness (QED) is 0.864. The molecule has 134 valence electrons. The number of hydrogen-bond donors (Lipinski definition) is 2. The zero-order valence-electron chi connectivity index (χ0n) is 13.5. The van der Waals surface area contributed by atoms with Crippen LogP contribution in [-0.2, 0) is 6.61 Å². The molecule has 1 amide bonds. The predicted octanol–water partition coefficient (Wildman–Crippen LogP) is 3.58. The van der Waals surface area contributed by atoms with E-state index in [-0.39, 0.29) is 24.5 Å². The van der Waals surface area contributed by atoms with E-state index in [0.29, 0.717) is 16.7 Å². The smallest absolute Gasteiger partial charge is 0.406 e. The molecule has 0 saturated heterocycles. The fraction of sp³-hybridized carbons (Fsp3) is 0.278. The summed E-state index contributed by atoms with van der Waals surface area (Å²) >= 11 is 0. The van der Waals surface area contributed by atoms with Gasteiger partial charge >= 0.3 is 6.18 Å². The number of hydrogen-bond acceptors (Lipinski definition) is 3. The fourth-order valence-electron chi connectivity index (χ4n) is 2.45. The monoisotopic (exact) mass is 353 g/mol. The fourth-order valence-corrected chi connectivity index (χ4v) is 2.45. The van der Waals surface area contributed by atoms with Gasteiger partial charge in [0.15, 0.2) is 0 Å². The first kappa shape index (κ1) is 18.8. The van der Waals surface area contributed by atoms with Crippen LogP contribution in [0.1, 0.15) is 22.8 Å². The molecule has 0 radical (unpaired) electrons. The van der Waals surface area contributed by atoms with E-state index in [1.165, 1.54) is 25.1 Å². The molecule has 0 bridgehead atoms. The van der Waals surface area contributed by atoms with Crippen LogP contribution in [0.15, 0.2) is 42.5 Å². The molecule has 25 heavy (non-hydrogen) atoms. The number of benzene rings is 2. The van der Waals surface area contributed by atoms with Crippen molar-refractivity contribution in [3.63, 3.8) is 0 Å². The van der Waals surface area contributed by atoms with Gasteiger partial charge in [0.2, 0.25) is 0 Å². The van der Waals surface area contributed by atoms with E-state index >= 15 is 0 Å². The number of carbonyl (C=O) groups excluding carboxylic acids is 1. The maximum absolute atomic E-state index is 12.6. The summed E-state index contributed by atoms with van der Waals surface area (Å²) in [5.41, 5.74) is 1.70. The van der Waals surface area contributed by atoms with E-state index in [4.69, 9.17) is 0 Å². The number of carbonyl (C=O) groups is 1. The minimum atomic E-state index is -4.46. The molecule has 0 saturated carbocycles. The van der Waals surface area contributed by atoms with Gasteiger partial charge in [0, 0.05) is 17.7 Å². The van der Waals surface area contributed by atoms with Crippen LogP contribution in [0.2, 0.25) is 0 Å². The summed E-state index contributed by atoms with van der Waals surface area (Å²) in [6.45, 7) is -0.231. The molecule has 0 fully saturated rings. The van der Waals surface area contributed by atoms with Crippen molar-refractivity contribution in [3.05, 3.63) is 53.6 Å². The second kappa shape index (κ2) is 7.57. The molecule has 0 aliphatic carbocycles. The number of aliphatic hydroxyl groups excluding tert-OH is 1. The number of nitrogens with zero attached hydrogens (tertiary/aromatic N) is 1. The normalized spacial score (nSPS) is 11.4. The van der Waals surface area contributed by atoms with Crippen molar-refractivity contribution in [1.29, 1.82) is 0 Å². The molecule has 0 heterocycles. The van der Waals surface area contributed by atoms with Crippen LogP contribution in [0.5, 0.6) is 5.75 Å². The maximum Gasteiger partial charge on any atom is 0.406 e. The van der Waals surface area contributed by atoms with Crippen molar-refractivity contribution >= 4 is 5.91 Å². The molecular formula is C18H18F3NO3. The van der Waals surface area contributed by atoms with Crippen molar-refractivity contribution < 1.29 is 28.2 Å². The Balaban J connectivity index is 2.33. The molecule has 2 aromatic rings. The van der Waals surface area contributed by atoms with E-state index in [9.17, 15) is 28.2 Å². The van der Waals surface area contributed by atoms with Crippen LogP contribution in [0.4, 0.5) is 13.2 Å². The molecule has 4 nitrogen and oxygen atoms in total. The van der Waals surface area contributed by atoms with Gasteiger partial charge < -0.3 is 15.1 Å². The predicted molar refractivity (Wildman–Crippen MR) is 87.1 cm³/mol. The molecule has 2 aromatic carbocycles. The lowest BCUT2D eigenvalue weighted by atomic mass is 10.00. The van der Waals surface area contributed by atoms with Gasteiger partial charge in [-0.3, -0.25) is 4.79 Å². The molecule has 0 aliphatic rings. The number of amides is 1. The Morgan fingerprint density at radius 3 is 2.40 bits per heavy atom. The van der Waals surface area contributed by atoms with Gasteiger partial charge in [0.05, 0.1) is 6.61 Å². The van der Waals surface area contributed by atoms with Crippen LogP contribution >= 0.6 is 0 Å². The third-order valence-electron chi connectivity index (χ3n) is 3.73. The van der Waals surface area contributed by atoms with Crippen molar-refractivity contribution in [2.45, 2.75) is 19.7 Å². The highest BCUT2D eigenvalue weighted by atomic mass is 19.4. The van der Waals surface area contributed by atoms with Gasteiger partial charge in [-0.25, -0.2) is 0 Å². The minimum absolute atomic E-state index is 0.0548. The summed E-state index contributed by atoms with van der Waals surface area (Å²) in [5.74, 6) is -0.761. The first-order valence-electron chi connectivity index (χ1n) is 7.64. The van der Waals surface area contributed by atoms with E-state index in [2.05, 4.69) is 0 Å². The average molecular weight is 353 g/mol. The summed E-state index contributed by atoms with van der Waals surface area (Å²) in [6, 6.07) is 10.8. The molecule has 0 aliphatic heterocycles. The standard InChI is InChI=1S/C18H18F3NO3/c1-2-22(11-18(19,20)21)17(25)14-5-3-4-12(8-14)13-6-7-16(24)15(9-13)10-23/h3-9,23-24H,2,10-11H2,1H3. The molecule has 0 aromatic heterocycles. The minimum Gasteiger partial charge on any atom is -0.508 e. The Morgan fingerprint density at radius 1 is 1.12 bits per heavy atom. The number of aromatic hydroxyl groups is 1. The van der Waals surface area contributed by atoms with E-state index in [1.807, 2.05) is 0 Å². The van der Waals surface area contributed by atoms with Crippen LogP contribution in [0.25, 0.3) is 11.1 Å². The Kier molecular flexibility index (Phi) is 5.69. The van der Waals surface area contributed by atoms with Gasteiger partial charge in [-0.15, -0.1) is 0 Å². The molecule has 2 N–H and O–H groups in total. The summed E-state index contributed by atoms with van der Waals surface area (Å²) in [7, 11) is 0. The van der Waals surface area contributed by atoms with Crippen molar-refractivity contribution in [2.75, 3.05) is 13.1 Å². The summed E-state index contributed by atoms with van der Waals surface area (Å²) in [6.07, 6.45) is -4.46. The van der Waals surface area contributed by atoms with E-state index in [0.717, 1.165) is 4.90 Å². The Labute approximate surface area is 143 Å². The number of alkyl halides is 3. The highest BCUT2D eigenvalue weighted by Gasteiger charge is 2.32. The van der Waals surface area contributed by atoms with E-state index in [1.54, 1.807) is 24.3 Å². The molecule has 2 rings (SSSR count). The number of aliphatic hydroxyl groups is 1. The second-order valence-corrected chi connectivity index (χ2v) is 5.52. The second-order valence-electron chi connectivity index (χ2n) is 5.52. The van der Waals surface area contributed by atoms with Gasteiger partial charge in [0.1, 0.15) is 12.3 Å². The highest BCUT2D eigenvalue weighted by Crippen LogP contribution is 2.27. The maximum atomic E-state index is 12.6. The Bertz CT molecular complexity index is 759. The number of halogens is 3. The van der Waals surface area contributed by atoms with Gasteiger partial charge in [-0.05, 0) is 42.3 Å². The number of rotatable bonds is 5. The van der Waals surface area contributed by atoms with Gasteiger partial charge in [0.25, 0.3) is 5.91 Å². The lowest BCUT2D eigenvalue weighted by Crippen LogP contribution is -2.38. The molecular weight excluding hydrogens is 335 g/mol. The van der Waals surface area contributed by atoms with Crippen LogP contribution in [-0.4, -0.2) is 40.3 Å². The average Bonchev–Trinajstić information content (AvgIpc) is 2.58. The van der Waals surface area contributed by atoms with Crippen molar-refractivity contribution in [1.82, 2.24) is 4.90 Å². The Morgan fingerprint density at radius 2 is 1.80 bits per heavy atom. The van der Waals surface area contributed by atoms with Gasteiger partial charge in [-0.1, -0.05) is 18.2 Å². The molecule has 0 unspecified atom stereocenters. The van der Waals surface area contributed by atoms with Crippen LogP contribution in [0, 0.1) is 0 Å². The summed E-state index contributed by atoms with van der Waals surface area (Å²) in [5, 5.41) is 18.8. The van der Waals surface area contributed by atoms with Crippen LogP contribution < -0.4 is 0 Å². The third-order valence-corrected chi connectivity index (χ3v) is 3.73. The first-order chi connectivity index (χ1) is 11.7.